The van der Waals surface area contributed by atoms with Gasteiger partial charge in [0.05, 0.1) is 0 Å². The molecule has 3 rings (SSSR count). The molecule has 104 valence electrons. The lowest BCUT2D eigenvalue weighted by Gasteiger charge is -2.22. The molecule has 1 atom stereocenters. The van der Waals surface area contributed by atoms with E-state index in [0.29, 0.717) is 5.92 Å². The topological polar surface area (TPSA) is 42.7 Å². The van der Waals surface area contributed by atoms with E-state index in [9.17, 15) is 0 Å². The monoisotopic (exact) mass is 260 g/mol. The van der Waals surface area contributed by atoms with Crippen molar-refractivity contribution >= 4 is 0 Å². The van der Waals surface area contributed by atoms with Gasteiger partial charge in [-0.05, 0) is 51.5 Å². The molecule has 1 unspecified atom stereocenters. The molecule has 0 bridgehead atoms. The zero-order valence-electron chi connectivity index (χ0n) is 11.6. The number of piperidine rings is 1. The van der Waals surface area contributed by atoms with Crippen molar-refractivity contribution in [1.29, 1.82) is 0 Å². The summed E-state index contributed by atoms with van der Waals surface area (Å²) in [5.74, 6) is 1.74. The van der Waals surface area contributed by atoms with Crippen molar-refractivity contribution in [3.8, 4) is 0 Å². The molecule has 4 nitrogen and oxygen atoms in total. The Bertz CT molecular complexity index is 429. The Kier molecular flexibility index (Phi) is 4.28. The molecule has 1 N–H and O–H groups in total. The highest BCUT2D eigenvalue weighted by atomic mass is 15.3. The number of hydrogen-bond donors (Lipinski definition) is 1. The first-order valence-corrected chi connectivity index (χ1v) is 7.70. The normalized spacial score (nSPS) is 24.2. The average Bonchev–Trinajstić information content (AvgIpc) is 2.95. The van der Waals surface area contributed by atoms with Gasteiger partial charge >= 0.3 is 0 Å². The third-order valence-corrected chi connectivity index (χ3v) is 4.37. The quantitative estimate of drug-likeness (QED) is 0.846. The second kappa shape index (κ2) is 6.33. The minimum absolute atomic E-state index is 0.552. The van der Waals surface area contributed by atoms with Crippen LogP contribution in [0, 0.1) is 0 Å². The molecule has 4 heteroatoms. The van der Waals surface area contributed by atoms with Crippen LogP contribution in [0.4, 0.5) is 0 Å². The number of nitrogens with one attached hydrogen (secondary N) is 1. The lowest BCUT2D eigenvalue weighted by Crippen LogP contribution is -2.30. The maximum absolute atomic E-state index is 4.36. The van der Waals surface area contributed by atoms with Crippen LogP contribution in [0.5, 0.6) is 0 Å². The molecule has 1 aliphatic carbocycles. The van der Waals surface area contributed by atoms with E-state index >= 15 is 0 Å². The maximum Gasteiger partial charge on any atom is 0.137 e. The summed E-state index contributed by atoms with van der Waals surface area (Å²) in [6.45, 7) is 3.25. The van der Waals surface area contributed by atoms with E-state index in [1.165, 1.54) is 50.8 Å². The first-order chi connectivity index (χ1) is 9.43. The Morgan fingerprint density at radius 2 is 2.32 bits per heavy atom. The van der Waals surface area contributed by atoms with Gasteiger partial charge in [0, 0.05) is 19.0 Å². The Hall–Kier alpha value is -1.16. The molecule has 1 aromatic heterocycles. The van der Waals surface area contributed by atoms with Crippen LogP contribution in [0.1, 0.15) is 56.7 Å². The summed E-state index contributed by atoms with van der Waals surface area (Å²) in [6, 6.07) is 0. The van der Waals surface area contributed by atoms with Gasteiger partial charge in [-0.2, -0.15) is 0 Å². The zero-order chi connectivity index (χ0) is 12.9. The number of aromatic nitrogens is 3. The predicted molar refractivity (Wildman–Crippen MR) is 76.0 cm³/mol. The molecule has 1 saturated heterocycles. The fraction of sp³-hybridized carbons (Fsp3) is 0.733. The van der Waals surface area contributed by atoms with Crippen LogP contribution < -0.4 is 5.32 Å². The van der Waals surface area contributed by atoms with Gasteiger partial charge in [0.1, 0.15) is 12.2 Å². The Morgan fingerprint density at radius 1 is 1.32 bits per heavy atom. The summed E-state index contributed by atoms with van der Waals surface area (Å²) in [5, 5.41) is 11.9. The Labute approximate surface area is 115 Å². The first-order valence-electron chi connectivity index (χ1n) is 7.70. The Morgan fingerprint density at radius 3 is 3.11 bits per heavy atom. The highest BCUT2D eigenvalue weighted by Crippen LogP contribution is 2.24. The number of hydrogen-bond acceptors (Lipinski definition) is 3. The van der Waals surface area contributed by atoms with E-state index in [4.69, 9.17) is 0 Å². The molecular weight excluding hydrogens is 236 g/mol. The number of aryl methyl sites for hydroxylation is 1. The van der Waals surface area contributed by atoms with Crippen LogP contribution in [-0.4, -0.2) is 27.9 Å². The molecule has 0 amide bonds. The van der Waals surface area contributed by atoms with Crippen LogP contribution in [0.2, 0.25) is 0 Å². The zero-order valence-corrected chi connectivity index (χ0v) is 11.6. The molecule has 1 fully saturated rings. The minimum Gasteiger partial charge on any atom is -0.317 e. The van der Waals surface area contributed by atoms with Gasteiger partial charge in [0.2, 0.25) is 0 Å². The molecule has 0 spiro atoms. The van der Waals surface area contributed by atoms with E-state index in [-0.39, 0.29) is 0 Å². The van der Waals surface area contributed by atoms with Crippen molar-refractivity contribution < 1.29 is 0 Å². The maximum atomic E-state index is 4.36. The third kappa shape index (κ3) is 3.24. The summed E-state index contributed by atoms with van der Waals surface area (Å²) in [6.07, 6.45) is 13.3. The molecule has 2 aliphatic rings. The summed E-state index contributed by atoms with van der Waals surface area (Å²) in [4.78, 5) is 0. The lowest BCUT2D eigenvalue weighted by molar-refractivity contribution is 0.430. The molecule has 0 radical (unpaired) electrons. The third-order valence-electron chi connectivity index (χ3n) is 4.37. The smallest absolute Gasteiger partial charge is 0.137 e. The van der Waals surface area contributed by atoms with Gasteiger partial charge in [0.25, 0.3) is 0 Å². The largest absolute Gasteiger partial charge is 0.317 e. The summed E-state index contributed by atoms with van der Waals surface area (Å²) in [7, 11) is 0. The molecule has 2 heterocycles. The van der Waals surface area contributed by atoms with Gasteiger partial charge in [-0.15, -0.1) is 10.2 Å². The van der Waals surface area contributed by atoms with Crippen molar-refractivity contribution in [3.05, 3.63) is 23.8 Å². The van der Waals surface area contributed by atoms with Gasteiger partial charge < -0.3 is 9.88 Å². The van der Waals surface area contributed by atoms with Crippen LogP contribution in [0.3, 0.4) is 0 Å². The summed E-state index contributed by atoms with van der Waals surface area (Å²) >= 11 is 0. The molecule has 1 aliphatic heterocycles. The number of allylic oxidation sites excluding steroid dienone is 2. The van der Waals surface area contributed by atoms with E-state index in [2.05, 4.69) is 26.2 Å². The van der Waals surface area contributed by atoms with Crippen molar-refractivity contribution in [1.82, 2.24) is 20.1 Å². The predicted octanol–water partition coefficient (Wildman–Crippen LogP) is 2.64. The summed E-state index contributed by atoms with van der Waals surface area (Å²) in [5.41, 5.74) is 1.63. The van der Waals surface area contributed by atoms with Gasteiger partial charge in [-0.3, -0.25) is 0 Å². The molecule has 0 saturated carbocycles. The van der Waals surface area contributed by atoms with Gasteiger partial charge in [-0.25, -0.2) is 0 Å². The standard InChI is InChI=1S/C15H24N4/c1-2-5-13(6-3-1)8-10-19-12-17-18-15(19)14-7-4-9-16-11-14/h5,12,14,16H,1-4,6-11H2. The second-order valence-electron chi connectivity index (χ2n) is 5.78. The SMILES string of the molecule is C1=C(CCn2cnnc2C2CCCNC2)CCCC1. The fourth-order valence-corrected chi connectivity index (χ4v) is 3.22. The highest BCUT2D eigenvalue weighted by molar-refractivity contribution is 5.06. The van der Waals surface area contributed by atoms with E-state index in [1.807, 2.05) is 6.33 Å². The fourth-order valence-electron chi connectivity index (χ4n) is 3.22. The molecule has 1 aromatic rings. The lowest BCUT2D eigenvalue weighted by atomic mass is 9.96. The number of nitrogens with zero attached hydrogens (tertiary/aromatic N) is 3. The molecule has 0 aromatic carbocycles. The van der Waals surface area contributed by atoms with Crippen LogP contribution >= 0.6 is 0 Å². The minimum atomic E-state index is 0.552. The van der Waals surface area contributed by atoms with Gasteiger partial charge in [-0.1, -0.05) is 11.6 Å². The van der Waals surface area contributed by atoms with Crippen molar-refractivity contribution in [2.45, 2.75) is 57.4 Å². The Balaban J connectivity index is 1.61. The van der Waals surface area contributed by atoms with E-state index in [1.54, 1.807) is 5.57 Å². The number of rotatable bonds is 4. The van der Waals surface area contributed by atoms with E-state index in [0.717, 1.165) is 19.6 Å². The van der Waals surface area contributed by atoms with Crippen molar-refractivity contribution in [2.24, 2.45) is 0 Å². The average molecular weight is 260 g/mol. The summed E-state index contributed by atoms with van der Waals surface area (Å²) < 4.78 is 2.27. The van der Waals surface area contributed by atoms with E-state index < -0.39 is 0 Å². The first kappa shape index (κ1) is 12.9. The van der Waals surface area contributed by atoms with Crippen LogP contribution in [-0.2, 0) is 6.54 Å². The van der Waals surface area contributed by atoms with Crippen molar-refractivity contribution in [2.75, 3.05) is 13.1 Å². The molecular formula is C15H24N4. The highest BCUT2D eigenvalue weighted by Gasteiger charge is 2.20. The molecule has 19 heavy (non-hydrogen) atoms. The van der Waals surface area contributed by atoms with Crippen LogP contribution in [0.25, 0.3) is 0 Å². The second-order valence-corrected chi connectivity index (χ2v) is 5.78. The van der Waals surface area contributed by atoms with Gasteiger partial charge in [0.15, 0.2) is 0 Å². The van der Waals surface area contributed by atoms with Crippen molar-refractivity contribution in [3.63, 3.8) is 0 Å². The van der Waals surface area contributed by atoms with Crippen LogP contribution in [0.15, 0.2) is 18.0 Å².